The van der Waals surface area contributed by atoms with E-state index in [0.29, 0.717) is 6.61 Å². The number of esters is 1. The summed E-state index contributed by atoms with van der Waals surface area (Å²) in [4.78, 5) is 11.2. The molecule has 0 radical (unpaired) electrons. The molecule has 0 aromatic heterocycles. The standard InChI is InChI=1S/C12H20O6S/c1-6(13)16-10-9(14-4)8-7(17-11(10)19)5-15-12(2,3)18-8/h7-11,19H,5H2,1-4H3/t7-,8+,9-,10+,11?/m0/s1. The topological polar surface area (TPSA) is 63.2 Å². The van der Waals surface area contributed by atoms with Gasteiger partial charge in [0, 0.05) is 14.0 Å². The van der Waals surface area contributed by atoms with Crippen molar-refractivity contribution in [1.82, 2.24) is 0 Å². The molecule has 2 fully saturated rings. The monoisotopic (exact) mass is 292 g/mol. The molecule has 2 heterocycles. The number of hydrogen-bond acceptors (Lipinski definition) is 7. The van der Waals surface area contributed by atoms with E-state index in [9.17, 15) is 4.79 Å². The highest BCUT2D eigenvalue weighted by Gasteiger charge is 2.52. The van der Waals surface area contributed by atoms with Gasteiger partial charge in [-0.05, 0) is 13.8 Å². The van der Waals surface area contributed by atoms with Crippen molar-refractivity contribution in [1.29, 1.82) is 0 Å². The molecule has 2 aliphatic heterocycles. The van der Waals surface area contributed by atoms with Gasteiger partial charge in [0.1, 0.15) is 23.7 Å². The second-order valence-electron chi connectivity index (χ2n) is 5.13. The molecule has 0 saturated carbocycles. The van der Waals surface area contributed by atoms with Crippen LogP contribution in [0.5, 0.6) is 0 Å². The maximum Gasteiger partial charge on any atom is 0.303 e. The van der Waals surface area contributed by atoms with Crippen LogP contribution in [0.3, 0.4) is 0 Å². The molecular formula is C12H20O6S. The number of carbonyl (C=O) groups excluding carboxylic acids is 1. The molecule has 0 aromatic carbocycles. The highest BCUT2D eigenvalue weighted by atomic mass is 32.1. The number of ether oxygens (including phenoxy) is 5. The summed E-state index contributed by atoms with van der Waals surface area (Å²) in [5.74, 6) is -1.12. The lowest BCUT2D eigenvalue weighted by atomic mass is 9.98. The van der Waals surface area contributed by atoms with Crippen molar-refractivity contribution < 1.29 is 28.5 Å². The van der Waals surface area contributed by atoms with Crippen LogP contribution in [0, 0.1) is 0 Å². The number of carbonyl (C=O) groups is 1. The minimum atomic E-state index is -0.717. The average Bonchev–Trinajstić information content (AvgIpc) is 2.30. The molecule has 2 rings (SSSR count). The van der Waals surface area contributed by atoms with Crippen LogP contribution in [0.25, 0.3) is 0 Å². The lowest BCUT2D eigenvalue weighted by molar-refractivity contribution is -0.352. The fourth-order valence-corrected chi connectivity index (χ4v) is 2.79. The molecular weight excluding hydrogens is 272 g/mol. The van der Waals surface area contributed by atoms with Crippen molar-refractivity contribution in [3.05, 3.63) is 0 Å². The van der Waals surface area contributed by atoms with Gasteiger partial charge < -0.3 is 23.7 Å². The van der Waals surface area contributed by atoms with Crippen LogP contribution in [-0.4, -0.2) is 55.3 Å². The minimum absolute atomic E-state index is 0.285. The van der Waals surface area contributed by atoms with E-state index >= 15 is 0 Å². The Bertz CT molecular complexity index is 347. The zero-order chi connectivity index (χ0) is 14.2. The summed E-state index contributed by atoms with van der Waals surface area (Å²) in [6.45, 7) is 5.38. The Labute approximate surface area is 118 Å². The molecule has 0 aliphatic carbocycles. The van der Waals surface area contributed by atoms with Gasteiger partial charge in [-0.1, -0.05) is 0 Å². The highest BCUT2D eigenvalue weighted by Crippen LogP contribution is 2.35. The minimum Gasteiger partial charge on any atom is -0.456 e. The van der Waals surface area contributed by atoms with E-state index in [2.05, 4.69) is 12.6 Å². The Hall–Kier alpha value is -0.340. The predicted octanol–water partition coefficient (Wildman–Crippen LogP) is 0.739. The summed E-state index contributed by atoms with van der Waals surface area (Å²) < 4.78 is 27.8. The van der Waals surface area contributed by atoms with E-state index in [0.717, 1.165) is 0 Å². The smallest absolute Gasteiger partial charge is 0.303 e. The summed E-state index contributed by atoms with van der Waals surface area (Å²) in [7, 11) is 1.55. The Morgan fingerprint density at radius 2 is 2.05 bits per heavy atom. The Balaban J connectivity index is 2.18. The van der Waals surface area contributed by atoms with Crippen molar-refractivity contribution in [2.45, 2.75) is 56.4 Å². The Kier molecular flexibility index (Phi) is 4.42. The molecule has 0 bridgehead atoms. The maximum atomic E-state index is 11.2. The average molecular weight is 292 g/mol. The molecule has 6 nitrogen and oxygen atoms in total. The number of thiol groups is 1. The summed E-state index contributed by atoms with van der Waals surface area (Å²) in [5, 5.41) is 0. The van der Waals surface area contributed by atoms with Gasteiger partial charge >= 0.3 is 5.97 Å². The molecule has 1 unspecified atom stereocenters. The van der Waals surface area contributed by atoms with Gasteiger partial charge in [0.15, 0.2) is 11.9 Å². The van der Waals surface area contributed by atoms with Crippen LogP contribution >= 0.6 is 12.6 Å². The summed E-state index contributed by atoms with van der Waals surface area (Å²) in [6, 6.07) is 0. The summed E-state index contributed by atoms with van der Waals surface area (Å²) >= 11 is 4.31. The number of fused-ring (bicyclic) bond motifs is 1. The predicted molar refractivity (Wildman–Crippen MR) is 68.9 cm³/mol. The van der Waals surface area contributed by atoms with Gasteiger partial charge in [-0.2, -0.15) is 0 Å². The van der Waals surface area contributed by atoms with Crippen molar-refractivity contribution in [3.8, 4) is 0 Å². The van der Waals surface area contributed by atoms with Crippen LogP contribution in [-0.2, 0) is 28.5 Å². The molecule has 7 heteroatoms. The van der Waals surface area contributed by atoms with E-state index in [1.807, 2.05) is 13.8 Å². The normalized spacial score (nSPS) is 41.4. The lowest BCUT2D eigenvalue weighted by Crippen LogP contribution is -2.64. The fourth-order valence-electron chi connectivity index (χ4n) is 2.40. The van der Waals surface area contributed by atoms with Crippen LogP contribution in [0.1, 0.15) is 20.8 Å². The Morgan fingerprint density at radius 1 is 1.37 bits per heavy atom. The highest BCUT2D eigenvalue weighted by molar-refractivity contribution is 7.80. The third-order valence-corrected chi connectivity index (χ3v) is 3.61. The van der Waals surface area contributed by atoms with Gasteiger partial charge in [0.2, 0.25) is 0 Å². The van der Waals surface area contributed by atoms with E-state index in [4.69, 9.17) is 23.7 Å². The van der Waals surface area contributed by atoms with E-state index < -0.39 is 29.4 Å². The summed E-state index contributed by atoms with van der Waals surface area (Å²) in [5.41, 5.74) is -0.566. The van der Waals surface area contributed by atoms with Crippen molar-refractivity contribution in [2.24, 2.45) is 0 Å². The van der Waals surface area contributed by atoms with E-state index in [-0.39, 0.29) is 12.2 Å². The zero-order valence-electron chi connectivity index (χ0n) is 11.5. The second-order valence-corrected chi connectivity index (χ2v) is 5.64. The van der Waals surface area contributed by atoms with Crippen molar-refractivity contribution >= 4 is 18.6 Å². The van der Waals surface area contributed by atoms with Gasteiger partial charge in [0.25, 0.3) is 0 Å². The molecule has 0 spiro atoms. The van der Waals surface area contributed by atoms with Crippen LogP contribution < -0.4 is 0 Å². The van der Waals surface area contributed by atoms with Gasteiger partial charge in [-0.15, -0.1) is 12.6 Å². The van der Waals surface area contributed by atoms with Crippen molar-refractivity contribution in [3.63, 3.8) is 0 Å². The molecule has 0 amide bonds. The van der Waals surface area contributed by atoms with Crippen molar-refractivity contribution in [2.75, 3.05) is 13.7 Å². The third kappa shape index (κ3) is 3.22. The SMILES string of the molecule is CO[C@H]1[C@@H]2OC(C)(C)OC[C@@H]2OC(S)[C@@H]1OC(C)=O. The molecule has 19 heavy (non-hydrogen) atoms. The number of methoxy groups -OCH3 is 1. The fraction of sp³-hybridized carbons (Fsp3) is 0.917. The van der Waals surface area contributed by atoms with E-state index in [1.165, 1.54) is 6.92 Å². The second kappa shape index (κ2) is 5.57. The molecule has 0 N–H and O–H groups in total. The molecule has 2 saturated heterocycles. The van der Waals surface area contributed by atoms with Gasteiger partial charge in [-0.25, -0.2) is 0 Å². The maximum absolute atomic E-state index is 11.2. The third-order valence-electron chi connectivity index (χ3n) is 3.20. The number of rotatable bonds is 2. The Morgan fingerprint density at radius 3 is 2.63 bits per heavy atom. The molecule has 5 atom stereocenters. The first-order chi connectivity index (χ1) is 8.84. The quantitative estimate of drug-likeness (QED) is 0.598. The first-order valence-corrected chi connectivity index (χ1v) is 6.71. The van der Waals surface area contributed by atoms with Gasteiger partial charge in [0.05, 0.1) is 6.61 Å². The summed E-state index contributed by atoms with van der Waals surface area (Å²) in [6.07, 6.45) is -1.69. The zero-order valence-corrected chi connectivity index (χ0v) is 12.4. The van der Waals surface area contributed by atoms with E-state index in [1.54, 1.807) is 7.11 Å². The van der Waals surface area contributed by atoms with Gasteiger partial charge in [-0.3, -0.25) is 4.79 Å². The molecule has 110 valence electrons. The van der Waals surface area contributed by atoms with Crippen LogP contribution in [0.2, 0.25) is 0 Å². The largest absolute Gasteiger partial charge is 0.456 e. The number of hydrogen-bond donors (Lipinski definition) is 1. The lowest BCUT2D eigenvalue weighted by Gasteiger charge is -2.49. The first kappa shape index (κ1) is 15.1. The van der Waals surface area contributed by atoms with Crippen LogP contribution in [0.15, 0.2) is 0 Å². The van der Waals surface area contributed by atoms with Crippen LogP contribution in [0.4, 0.5) is 0 Å². The molecule has 2 aliphatic rings. The molecule has 0 aromatic rings. The first-order valence-electron chi connectivity index (χ1n) is 6.19.